The molecule has 2 atom stereocenters. The molecule has 112 valence electrons. The molecule has 0 amide bonds. The van der Waals surface area contributed by atoms with Crippen molar-refractivity contribution in [1.82, 2.24) is 4.90 Å². The molecule has 1 aromatic rings. The number of hydrogen-bond acceptors (Lipinski definition) is 3. The lowest BCUT2D eigenvalue weighted by atomic mass is 10.1. The molecule has 1 aromatic carbocycles. The molecular weight excluding hydrogens is 270 g/mol. The highest BCUT2D eigenvalue weighted by Gasteiger charge is 2.25. The molecule has 2 rings (SSSR count). The third-order valence-corrected chi connectivity index (χ3v) is 4.22. The monoisotopic (exact) mass is 295 g/mol. The maximum Gasteiger partial charge on any atom is 0.0459 e. The van der Waals surface area contributed by atoms with Gasteiger partial charge in [-0.3, -0.25) is 0 Å². The van der Waals surface area contributed by atoms with E-state index in [9.17, 15) is 0 Å². The molecule has 0 aromatic heterocycles. The summed E-state index contributed by atoms with van der Waals surface area (Å²) in [6, 6.07) is 7.17. The van der Waals surface area contributed by atoms with Gasteiger partial charge >= 0.3 is 0 Å². The highest BCUT2D eigenvalue weighted by molar-refractivity contribution is 6.31. The van der Waals surface area contributed by atoms with E-state index in [1.807, 2.05) is 6.92 Å². The molecule has 2 N–H and O–H groups in total. The highest BCUT2D eigenvalue weighted by atomic mass is 35.5. The average molecular weight is 296 g/mol. The van der Waals surface area contributed by atoms with E-state index in [1.54, 1.807) is 0 Å². The van der Waals surface area contributed by atoms with Gasteiger partial charge in [0, 0.05) is 35.9 Å². The minimum absolute atomic E-state index is 0.145. The Labute approximate surface area is 127 Å². The van der Waals surface area contributed by atoms with Crippen LogP contribution in [0, 0.1) is 0 Å². The van der Waals surface area contributed by atoms with Gasteiger partial charge in [0.2, 0.25) is 0 Å². The SMILES string of the molecule is CC(N)Cc1ccc(N2CCCC2CN(C)C)cc1Cl. The third-order valence-electron chi connectivity index (χ3n) is 3.86. The van der Waals surface area contributed by atoms with Crippen LogP contribution in [0.1, 0.15) is 25.3 Å². The molecule has 2 unspecified atom stereocenters. The summed E-state index contributed by atoms with van der Waals surface area (Å²) in [7, 11) is 4.27. The molecule has 0 bridgehead atoms. The van der Waals surface area contributed by atoms with Crippen LogP contribution >= 0.6 is 11.6 Å². The molecule has 0 saturated carbocycles. The predicted octanol–water partition coefficient (Wildman–Crippen LogP) is 2.76. The number of hydrogen-bond donors (Lipinski definition) is 1. The fraction of sp³-hybridized carbons (Fsp3) is 0.625. The summed E-state index contributed by atoms with van der Waals surface area (Å²) in [6.45, 7) is 4.23. The van der Waals surface area contributed by atoms with Gasteiger partial charge in [-0.05, 0) is 58.0 Å². The first kappa shape index (κ1) is 15.6. The van der Waals surface area contributed by atoms with E-state index in [2.05, 4.69) is 42.1 Å². The molecule has 1 aliphatic heterocycles. The zero-order chi connectivity index (χ0) is 14.7. The Morgan fingerprint density at radius 3 is 2.80 bits per heavy atom. The first-order valence-corrected chi connectivity index (χ1v) is 7.80. The van der Waals surface area contributed by atoms with Crippen LogP contribution in [0.5, 0.6) is 0 Å². The summed E-state index contributed by atoms with van der Waals surface area (Å²) < 4.78 is 0. The van der Waals surface area contributed by atoms with Crippen molar-refractivity contribution >= 4 is 17.3 Å². The number of rotatable bonds is 5. The van der Waals surface area contributed by atoms with Crippen molar-refractivity contribution in [3.8, 4) is 0 Å². The minimum atomic E-state index is 0.145. The quantitative estimate of drug-likeness (QED) is 0.906. The molecule has 1 saturated heterocycles. The van der Waals surface area contributed by atoms with Gasteiger partial charge in [-0.15, -0.1) is 0 Å². The molecule has 0 spiro atoms. The van der Waals surface area contributed by atoms with E-state index in [0.717, 1.165) is 30.1 Å². The molecular formula is C16H26ClN3. The fourth-order valence-corrected chi connectivity index (χ4v) is 3.27. The number of likely N-dealkylation sites (N-methyl/N-ethyl adjacent to an activating group) is 1. The summed E-state index contributed by atoms with van der Waals surface area (Å²) in [6.07, 6.45) is 3.36. The Bertz CT molecular complexity index is 445. The number of nitrogens with zero attached hydrogens (tertiary/aromatic N) is 2. The van der Waals surface area contributed by atoms with Crippen molar-refractivity contribution < 1.29 is 0 Å². The summed E-state index contributed by atoms with van der Waals surface area (Å²) in [4.78, 5) is 4.75. The zero-order valence-electron chi connectivity index (χ0n) is 12.8. The predicted molar refractivity (Wildman–Crippen MR) is 87.7 cm³/mol. The van der Waals surface area contributed by atoms with Crippen molar-refractivity contribution in [1.29, 1.82) is 0 Å². The molecule has 0 aliphatic carbocycles. The summed E-state index contributed by atoms with van der Waals surface area (Å²) in [5, 5.41) is 0.843. The summed E-state index contributed by atoms with van der Waals surface area (Å²) >= 11 is 6.41. The van der Waals surface area contributed by atoms with Crippen LogP contribution in [-0.4, -0.2) is 44.2 Å². The van der Waals surface area contributed by atoms with Crippen molar-refractivity contribution in [3.05, 3.63) is 28.8 Å². The lowest BCUT2D eigenvalue weighted by molar-refractivity contribution is 0.372. The first-order valence-electron chi connectivity index (χ1n) is 7.42. The molecule has 0 radical (unpaired) electrons. The van der Waals surface area contributed by atoms with Crippen LogP contribution in [-0.2, 0) is 6.42 Å². The van der Waals surface area contributed by atoms with Crippen LogP contribution in [0.2, 0.25) is 5.02 Å². The van der Waals surface area contributed by atoms with Gasteiger partial charge in [-0.2, -0.15) is 0 Å². The minimum Gasteiger partial charge on any atom is -0.367 e. The molecule has 1 fully saturated rings. The standard InChI is InChI=1S/C16H26ClN3/c1-12(18)9-13-6-7-14(10-16(13)17)20-8-4-5-15(20)11-19(2)3/h6-7,10,12,15H,4-5,8-9,11,18H2,1-3H3. The summed E-state index contributed by atoms with van der Waals surface area (Å²) in [5.41, 5.74) is 8.25. The maximum atomic E-state index is 6.41. The number of anilines is 1. The van der Waals surface area contributed by atoms with Crippen molar-refractivity contribution in [2.24, 2.45) is 5.73 Å². The molecule has 3 nitrogen and oxygen atoms in total. The fourth-order valence-electron chi connectivity index (χ4n) is 3.01. The van der Waals surface area contributed by atoms with E-state index in [0.29, 0.717) is 6.04 Å². The second-order valence-corrected chi connectivity index (χ2v) is 6.62. The van der Waals surface area contributed by atoms with Crippen LogP contribution in [0.3, 0.4) is 0 Å². The van der Waals surface area contributed by atoms with Gasteiger partial charge in [0.1, 0.15) is 0 Å². The molecule has 20 heavy (non-hydrogen) atoms. The number of halogens is 1. The Hall–Kier alpha value is -0.770. The van der Waals surface area contributed by atoms with Crippen LogP contribution in [0.4, 0.5) is 5.69 Å². The third kappa shape index (κ3) is 3.87. The lowest BCUT2D eigenvalue weighted by Crippen LogP contribution is -2.37. The van der Waals surface area contributed by atoms with Gasteiger partial charge in [0.15, 0.2) is 0 Å². The van der Waals surface area contributed by atoms with Crippen LogP contribution in [0.25, 0.3) is 0 Å². The Balaban J connectivity index is 2.14. The Morgan fingerprint density at radius 2 is 2.20 bits per heavy atom. The van der Waals surface area contributed by atoms with E-state index >= 15 is 0 Å². The van der Waals surface area contributed by atoms with Crippen molar-refractivity contribution in [2.45, 2.75) is 38.3 Å². The number of benzene rings is 1. The topological polar surface area (TPSA) is 32.5 Å². The smallest absolute Gasteiger partial charge is 0.0459 e. The molecule has 4 heteroatoms. The zero-order valence-corrected chi connectivity index (χ0v) is 13.5. The van der Waals surface area contributed by atoms with Crippen LogP contribution in [0.15, 0.2) is 18.2 Å². The maximum absolute atomic E-state index is 6.41. The Kier molecular flexibility index (Phi) is 5.30. The van der Waals surface area contributed by atoms with E-state index in [-0.39, 0.29) is 6.04 Å². The van der Waals surface area contributed by atoms with E-state index < -0.39 is 0 Å². The van der Waals surface area contributed by atoms with Crippen LogP contribution < -0.4 is 10.6 Å². The van der Waals surface area contributed by atoms with Crippen molar-refractivity contribution in [3.63, 3.8) is 0 Å². The average Bonchev–Trinajstić information content (AvgIpc) is 2.78. The molecule has 1 aliphatic rings. The van der Waals surface area contributed by atoms with E-state index in [4.69, 9.17) is 17.3 Å². The van der Waals surface area contributed by atoms with Gasteiger partial charge in [0.25, 0.3) is 0 Å². The number of nitrogens with two attached hydrogens (primary N) is 1. The van der Waals surface area contributed by atoms with Gasteiger partial charge in [0.05, 0.1) is 0 Å². The second kappa shape index (κ2) is 6.79. The summed E-state index contributed by atoms with van der Waals surface area (Å²) in [5.74, 6) is 0. The highest BCUT2D eigenvalue weighted by Crippen LogP contribution is 2.30. The largest absolute Gasteiger partial charge is 0.367 e. The second-order valence-electron chi connectivity index (χ2n) is 6.21. The van der Waals surface area contributed by atoms with Crippen molar-refractivity contribution in [2.75, 3.05) is 32.1 Å². The van der Waals surface area contributed by atoms with Gasteiger partial charge in [-0.1, -0.05) is 17.7 Å². The Morgan fingerprint density at radius 1 is 1.45 bits per heavy atom. The first-order chi connectivity index (χ1) is 9.47. The lowest BCUT2D eigenvalue weighted by Gasteiger charge is -2.29. The molecule has 1 heterocycles. The van der Waals surface area contributed by atoms with Gasteiger partial charge in [-0.25, -0.2) is 0 Å². The normalized spacial score (nSPS) is 20.7. The van der Waals surface area contributed by atoms with E-state index in [1.165, 1.54) is 18.5 Å². The van der Waals surface area contributed by atoms with Gasteiger partial charge < -0.3 is 15.5 Å².